The Kier molecular flexibility index (Phi) is 1.78. The molecule has 0 aliphatic carbocycles. The van der Waals surface area contributed by atoms with Crippen LogP contribution in [0.25, 0.3) is 11.0 Å². The molecule has 1 fully saturated rings. The second-order valence-electron chi connectivity index (χ2n) is 3.52. The SMILES string of the molecule is O=c1[nH]c2cccc(OC[C@@H]3CO3)c2[nH]1. The standard InChI is InChI=1S/C10H10N2O3/c13-10-11-7-2-1-3-8(9(7)12-10)15-5-6-4-14-6/h1-3,6H,4-5H2,(H2,11,12,13)/t6-/m0/s1. The highest BCUT2D eigenvalue weighted by Gasteiger charge is 2.23. The Hall–Kier alpha value is -1.75. The zero-order chi connectivity index (χ0) is 10.3. The number of H-pyrrole nitrogens is 2. The molecule has 2 heterocycles. The summed E-state index contributed by atoms with van der Waals surface area (Å²) in [4.78, 5) is 16.5. The number of nitrogens with one attached hydrogen (secondary N) is 2. The fourth-order valence-corrected chi connectivity index (χ4v) is 1.50. The summed E-state index contributed by atoms with van der Waals surface area (Å²) >= 11 is 0. The number of para-hydroxylation sites is 1. The average molecular weight is 206 g/mol. The second kappa shape index (κ2) is 3.13. The van der Waals surface area contributed by atoms with Crippen LogP contribution >= 0.6 is 0 Å². The maximum atomic E-state index is 11.1. The number of benzene rings is 1. The molecule has 1 aromatic heterocycles. The highest BCUT2D eigenvalue weighted by Crippen LogP contribution is 2.22. The maximum absolute atomic E-state index is 11.1. The lowest BCUT2D eigenvalue weighted by Crippen LogP contribution is -2.04. The number of hydrogen-bond donors (Lipinski definition) is 2. The van der Waals surface area contributed by atoms with Gasteiger partial charge in [0.25, 0.3) is 0 Å². The number of aromatic nitrogens is 2. The van der Waals surface area contributed by atoms with Gasteiger partial charge in [-0.2, -0.15) is 0 Å². The zero-order valence-electron chi connectivity index (χ0n) is 7.95. The molecule has 0 spiro atoms. The summed E-state index contributed by atoms with van der Waals surface area (Å²) in [5.41, 5.74) is 1.25. The molecule has 5 nitrogen and oxygen atoms in total. The Morgan fingerprint density at radius 2 is 2.33 bits per heavy atom. The van der Waals surface area contributed by atoms with Gasteiger partial charge in [-0.3, -0.25) is 0 Å². The first-order chi connectivity index (χ1) is 7.33. The number of aromatic amines is 2. The van der Waals surface area contributed by atoms with Crippen molar-refractivity contribution in [3.05, 3.63) is 28.7 Å². The van der Waals surface area contributed by atoms with E-state index in [1.165, 1.54) is 0 Å². The minimum atomic E-state index is -0.219. The van der Waals surface area contributed by atoms with Crippen LogP contribution in [0.15, 0.2) is 23.0 Å². The van der Waals surface area contributed by atoms with Crippen LogP contribution in [0.1, 0.15) is 0 Å². The minimum Gasteiger partial charge on any atom is -0.489 e. The van der Waals surface area contributed by atoms with Crippen molar-refractivity contribution >= 4 is 11.0 Å². The summed E-state index contributed by atoms with van der Waals surface area (Å²) in [6, 6.07) is 5.50. The molecule has 15 heavy (non-hydrogen) atoms. The van der Waals surface area contributed by atoms with Crippen LogP contribution < -0.4 is 10.4 Å². The minimum absolute atomic E-state index is 0.214. The van der Waals surface area contributed by atoms with Crippen molar-refractivity contribution in [2.75, 3.05) is 13.2 Å². The van der Waals surface area contributed by atoms with Crippen LogP contribution in [0.4, 0.5) is 0 Å². The summed E-state index contributed by atoms with van der Waals surface area (Å²) in [5.74, 6) is 0.682. The van der Waals surface area contributed by atoms with E-state index >= 15 is 0 Å². The fraction of sp³-hybridized carbons (Fsp3) is 0.300. The van der Waals surface area contributed by atoms with E-state index in [2.05, 4.69) is 9.97 Å². The van der Waals surface area contributed by atoms with Crippen molar-refractivity contribution in [3.8, 4) is 5.75 Å². The van der Waals surface area contributed by atoms with Crippen LogP contribution in [0.5, 0.6) is 5.75 Å². The van der Waals surface area contributed by atoms with E-state index in [0.717, 1.165) is 12.1 Å². The summed E-state index contributed by atoms with van der Waals surface area (Å²) < 4.78 is 10.6. The Labute approximate surface area is 85.0 Å². The van der Waals surface area contributed by atoms with E-state index in [0.29, 0.717) is 17.9 Å². The number of imidazole rings is 1. The van der Waals surface area contributed by atoms with Crippen molar-refractivity contribution in [1.29, 1.82) is 0 Å². The fourth-order valence-electron chi connectivity index (χ4n) is 1.50. The molecule has 1 saturated heterocycles. The molecule has 0 amide bonds. The molecule has 0 bridgehead atoms. The zero-order valence-corrected chi connectivity index (χ0v) is 7.95. The molecule has 1 aliphatic rings. The van der Waals surface area contributed by atoms with E-state index in [9.17, 15) is 4.79 Å². The third kappa shape index (κ3) is 1.61. The third-order valence-electron chi connectivity index (χ3n) is 2.34. The molecule has 1 atom stereocenters. The quantitative estimate of drug-likeness (QED) is 0.724. The van der Waals surface area contributed by atoms with E-state index in [1.807, 2.05) is 18.2 Å². The lowest BCUT2D eigenvalue weighted by atomic mass is 10.3. The van der Waals surface area contributed by atoms with Crippen LogP contribution in [0.3, 0.4) is 0 Å². The average Bonchev–Trinajstić information content (AvgIpc) is 2.96. The van der Waals surface area contributed by atoms with Crippen LogP contribution in [0.2, 0.25) is 0 Å². The molecule has 3 rings (SSSR count). The number of fused-ring (bicyclic) bond motifs is 1. The van der Waals surface area contributed by atoms with Gasteiger partial charge in [0.1, 0.15) is 24.0 Å². The molecule has 2 N–H and O–H groups in total. The first-order valence-corrected chi connectivity index (χ1v) is 4.78. The Bertz CT molecular complexity index is 539. The van der Waals surface area contributed by atoms with Crippen LogP contribution in [-0.4, -0.2) is 29.3 Å². The molecule has 5 heteroatoms. The first kappa shape index (κ1) is 8.55. The van der Waals surface area contributed by atoms with Gasteiger partial charge in [-0.05, 0) is 12.1 Å². The van der Waals surface area contributed by atoms with Gasteiger partial charge in [-0.25, -0.2) is 4.79 Å². The van der Waals surface area contributed by atoms with Crippen molar-refractivity contribution < 1.29 is 9.47 Å². The molecule has 0 radical (unpaired) electrons. The van der Waals surface area contributed by atoms with E-state index in [1.54, 1.807) is 0 Å². The van der Waals surface area contributed by atoms with Gasteiger partial charge < -0.3 is 19.4 Å². The highest BCUT2D eigenvalue weighted by atomic mass is 16.6. The van der Waals surface area contributed by atoms with Gasteiger partial charge in [-0.15, -0.1) is 0 Å². The van der Waals surface area contributed by atoms with Gasteiger partial charge >= 0.3 is 5.69 Å². The van der Waals surface area contributed by atoms with Gasteiger partial charge in [0, 0.05) is 0 Å². The van der Waals surface area contributed by atoms with E-state index in [-0.39, 0.29) is 11.8 Å². The lowest BCUT2D eigenvalue weighted by Gasteiger charge is -2.04. The Balaban J connectivity index is 1.96. The van der Waals surface area contributed by atoms with Crippen molar-refractivity contribution in [2.45, 2.75) is 6.10 Å². The normalized spacial score (nSPS) is 19.3. The van der Waals surface area contributed by atoms with Gasteiger partial charge in [0.05, 0.1) is 12.1 Å². The molecular formula is C10H10N2O3. The number of ether oxygens (including phenoxy) is 2. The molecular weight excluding hydrogens is 196 g/mol. The third-order valence-corrected chi connectivity index (χ3v) is 2.34. The topological polar surface area (TPSA) is 70.4 Å². The van der Waals surface area contributed by atoms with Gasteiger partial charge in [-0.1, -0.05) is 6.07 Å². The first-order valence-electron chi connectivity index (χ1n) is 4.78. The summed E-state index contributed by atoms with van der Waals surface area (Å²) in [5, 5.41) is 0. The number of hydrogen-bond acceptors (Lipinski definition) is 3. The molecule has 78 valence electrons. The number of epoxide rings is 1. The molecule has 2 aromatic rings. The second-order valence-corrected chi connectivity index (χ2v) is 3.52. The van der Waals surface area contributed by atoms with Crippen molar-refractivity contribution in [2.24, 2.45) is 0 Å². The van der Waals surface area contributed by atoms with Gasteiger partial charge in [0.2, 0.25) is 0 Å². The molecule has 1 aromatic carbocycles. The molecule has 1 aliphatic heterocycles. The number of rotatable bonds is 3. The van der Waals surface area contributed by atoms with E-state index < -0.39 is 0 Å². The smallest absolute Gasteiger partial charge is 0.323 e. The van der Waals surface area contributed by atoms with Crippen LogP contribution in [0, 0.1) is 0 Å². The lowest BCUT2D eigenvalue weighted by molar-refractivity contribution is 0.265. The Morgan fingerprint density at radius 1 is 1.47 bits per heavy atom. The summed E-state index contributed by atoms with van der Waals surface area (Å²) in [6.45, 7) is 1.30. The van der Waals surface area contributed by atoms with Gasteiger partial charge in [0.15, 0.2) is 0 Å². The highest BCUT2D eigenvalue weighted by molar-refractivity contribution is 5.80. The maximum Gasteiger partial charge on any atom is 0.323 e. The van der Waals surface area contributed by atoms with Crippen LogP contribution in [-0.2, 0) is 4.74 Å². The van der Waals surface area contributed by atoms with E-state index in [4.69, 9.17) is 9.47 Å². The van der Waals surface area contributed by atoms with Crippen molar-refractivity contribution in [1.82, 2.24) is 9.97 Å². The Morgan fingerprint density at radius 3 is 3.13 bits per heavy atom. The van der Waals surface area contributed by atoms with Crippen molar-refractivity contribution in [3.63, 3.8) is 0 Å². The summed E-state index contributed by atoms with van der Waals surface area (Å²) in [6.07, 6.45) is 0.214. The molecule has 0 saturated carbocycles. The predicted octanol–water partition coefficient (Wildman–Crippen LogP) is 0.634. The predicted molar refractivity (Wildman–Crippen MR) is 54.2 cm³/mol. The largest absolute Gasteiger partial charge is 0.489 e. The molecule has 0 unspecified atom stereocenters. The summed E-state index contributed by atoms with van der Waals surface area (Å²) in [7, 11) is 0. The monoisotopic (exact) mass is 206 g/mol.